The number of rotatable bonds is 5. The SMILES string of the molecule is CC.CCCCCC(C)N1CCCc2c(cc(Br)c3ccccc23)C1=O. The lowest BCUT2D eigenvalue weighted by Crippen LogP contribution is -2.38. The predicted molar refractivity (Wildman–Crippen MR) is 116 cm³/mol. The van der Waals surface area contributed by atoms with Crippen LogP contribution in [0.5, 0.6) is 0 Å². The summed E-state index contributed by atoms with van der Waals surface area (Å²) in [5, 5.41) is 2.42. The number of carbonyl (C=O) groups is 1. The van der Waals surface area contributed by atoms with Gasteiger partial charge >= 0.3 is 0 Å². The number of fused-ring (bicyclic) bond motifs is 3. The van der Waals surface area contributed by atoms with Crippen molar-refractivity contribution in [3.05, 3.63) is 45.9 Å². The minimum absolute atomic E-state index is 0.206. The standard InChI is InChI=1S/C21H26BrNO.C2H6/c1-3-4-5-9-15(2)23-13-8-12-17-16-10-6-7-11-18(16)20(22)14-19(17)21(23)24;1-2/h6-7,10-11,14-15H,3-5,8-9,12-13H2,1-2H3;1-2H3. The normalized spacial score (nSPS) is 15.1. The monoisotopic (exact) mass is 417 g/mol. The number of unbranched alkanes of at least 4 members (excludes halogenated alkanes) is 2. The fourth-order valence-electron chi connectivity index (χ4n) is 3.80. The van der Waals surface area contributed by atoms with Crippen LogP contribution in [0.25, 0.3) is 10.8 Å². The third-order valence-corrected chi connectivity index (χ3v) is 5.84. The summed E-state index contributed by atoms with van der Waals surface area (Å²) in [5.74, 6) is 0.206. The molecule has 1 aliphatic heterocycles. The molecule has 1 unspecified atom stereocenters. The number of benzene rings is 2. The number of halogens is 1. The highest BCUT2D eigenvalue weighted by Crippen LogP contribution is 2.33. The van der Waals surface area contributed by atoms with E-state index in [4.69, 9.17) is 0 Å². The van der Waals surface area contributed by atoms with Crippen LogP contribution in [0.2, 0.25) is 0 Å². The van der Waals surface area contributed by atoms with E-state index in [0.29, 0.717) is 6.04 Å². The molecule has 0 fully saturated rings. The van der Waals surface area contributed by atoms with Gasteiger partial charge in [0, 0.05) is 22.6 Å². The van der Waals surface area contributed by atoms with Gasteiger partial charge in [0.15, 0.2) is 0 Å². The van der Waals surface area contributed by atoms with Gasteiger partial charge in [0.2, 0.25) is 0 Å². The van der Waals surface area contributed by atoms with Crippen molar-refractivity contribution >= 4 is 32.6 Å². The zero-order valence-electron chi connectivity index (χ0n) is 16.6. The Kier molecular flexibility index (Phi) is 8.15. The van der Waals surface area contributed by atoms with E-state index >= 15 is 0 Å². The Morgan fingerprint density at radius 1 is 1.15 bits per heavy atom. The lowest BCUT2D eigenvalue weighted by molar-refractivity contribution is 0.0688. The molecule has 0 spiro atoms. The zero-order valence-corrected chi connectivity index (χ0v) is 18.2. The van der Waals surface area contributed by atoms with Crippen molar-refractivity contribution in [1.29, 1.82) is 0 Å². The minimum Gasteiger partial charge on any atom is -0.336 e. The van der Waals surface area contributed by atoms with Crippen LogP contribution in [0, 0.1) is 0 Å². The maximum Gasteiger partial charge on any atom is 0.254 e. The highest BCUT2D eigenvalue weighted by atomic mass is 79.9. The molecular weight excluding hydrogens is 386 g/mol. The number of amides is 1. The zero-order chi connectivity index (χ0) is 19.1. The number of carbonyl (C=O) groups excluding carboxylic acids is 1. The molecular formula is C23H32BrNO. The van der Waals surface area contributed by atoms with Gasteiger partial charge in [0.05, 0.1) is 0 Å². The molecule has 3 heteroatoms. The maximum atomic E-state index is 13.2. The number of nitrogens with zero attached hydrogens (tertiary/aromatic N) is 1. The number of hydrogen-bond acceptors (Lipinski definition) is 1. The summed E-state index contributed by atoms with van der Waals surface area (Å²) in [4.78, 5) is 15.3. The van der Waals surface area contributed by atoms with Crippen molar-refractivity contribution in [2.45, 2.75) is 72.3 Å². The van der Waals surface area contributed by atoms with E-state index in [9.17, 15) is 4.79 Å². The third kappa shape index (κ3) is 4.49. The second-order valence-electron chi connectivity index (χ2n) is 6.88. The minimum atomic E-state index is 0.206. The first-order valence-electron chi connectivity index (χ1n) is 10.1. The van der Waals surface area contributed by atoms with Crippen LogP contribution in [0.4, 0.5) is 0 Å². The molecule has 0 aliphatic carbocycles. The van der Waals surface area contributed by atoms with Gasteiger partial charge in [-0.15, -0.1) is 0 Å². The average molecular weight is 418 g/mol. The van der Waals surface area contributed by atoms with E-state index < -0.39 is 0 Å². The molecule has 26 heavy (non-hydrogen) atoms. The summed E-state index contributed by atoms with van der Waals surface area (Å²) >= 11 is 3.67. The third-order valence-electron chi connectivity index (χ3n) is 5.18. The highest BCUT2D eigenvalue weighted by molar-refractivity contribution is 9.10. The van der Waals surface area contributed by atoms with Gasteiger partial charge in [-0.05, 0) is 48.6 Å². The summed E-state index contributed by atoms with van der Waals surface area (Å²) in [6.07, 6.45) is 6.80. The molecule has 142 valence electrons. The Bertz CT molecular complexity index is 740. The molecule has 1 heterocycles. The molecule has 0 radical (unpaired) electrons. The summed E-state index contributed by atoms with van der Waals surface area (Å²) in [6, 6.07) is 10.7. The second kappa shape index (κ2) is 10.1. The van der Waals surface area contributed by atoms with Gasteiger partial charge in [-0.3, -0.25) is 4.79 Å². The molecule has 0 bridgehead atoms. The number of aryl methyl sites for hydroxylation is 1. The predicted octanol–water partition coefficient (Wildman–Crippen LogP) is 6.99. The van der Waals surface area contributed by atoms with Crippen LogP contribution in [0.1, 0.15) is 75.7 Å². The second-order valence-corrected chi connectivity index (χ2v) is 7.73. The molecule has 0 N–H and O–H groups in total. The van der Waals surface area contributed by atoms with E-state index in [2.05, 4.69) is 58.9 Å². The van der Waals surface area contributed by atoms with E-state index in [1.807, 2.05) is 19.9 Å². The van der Waals surface area contributed by atoms with Crippen molar-refractivity contribution in [1.82, 2.24) is 4.90 Å². The molecule has 0 saturated carbocycles. The Morgan fingerprint density at radius 3 is 2.54 bits per heavy atom. The van der Waals surface area contributed by atoms with Gasteiger partial charge in [0.1, 0.15) is 0 Å². The van der Waals surface area contributed by atoms with Gasteiger partial charge in [0.25, 0.3) is 5.91 Å². The fraction of sp³-hybridized carbons (Fsp3) is 0.522. The summed E-state index contributed by atoms with van der Waals surface area (Å²) < 4.78 is 1.02. The first-order chi connectivity index (χ1) is 12.6. The van der Waals surface area contributed by atoms with E-state index in [1.54, 1.807) is 0 Å². The van der Waals surface area contributed by atoms with Crippen molar-refractivity contribution in [3.8, 4) is 0 Å². The largest absolute Gasteiger partial charge is 0.336 e. The first-order valence-corrected chi connectivity index (χ1v) is 10.9. The molecule has 0 aromatic heterocycles. The summed E-state index contributed by atoms with van der Waals surface area (Å²) in [5.41, 5.74) is 2.11. The van der Waals surface area contributed by atoms with Gasteiger partial charge in [-0.25, -0.2) is 0 Å². The van der Waals surface area contributed by atoms with Crippen LogP contribution >= 0.6 is 15.9 Å². The van der Waals surface area contributed by atoms with E-state index in [0.717, 1.165) is 35.8 Å². The average Bonchev–Trinajstić information content (AvgIpc) is 2.83. The highest BCUT2D eigenvalue weighted by Gasteiger charge is 2.27. The number of hydrogen-bond donors (Lipinski definition) is 0. The van der Waals surface area contributed by atoms with Gasteiger partial charge < -0.3 is 4.90 Å². The van der Waals surface area contributed by atoms with Crippen LogP contribution in [-0.4, -0.2) is 23.4 Å². The smallest absolute Gasteiger partial charge is 0.254 e. The molecule has 1 atom stereocenters. The first kappa shape index (κ1) is 21.0. The lowest BCUT2D eigenvalue weighted by Gasteiger charge is -2.28. The van der Waals surface area contributed by atoms with E-state index in [1.165, 1.54) is 35.6 Å². The topological polar surface area (TPSA) is 20.3 Å². The van der Waals surface area contributed by atoms with Gasteiger partial charge in [-0.1, -0.05) is 80.2 Å². The molecule has 0 saturated heterocycles. The molecule has 2 nitrogen and oxygen atoms in total. The summed E-state index contributed by atoms with van der Waals surface area (Å²) in [7, 11) is 0. The quantitative estimate of drug-likeness (QED) is 0.480. The van der Waals surface area contributed by atoms with E-state index in [-0.39, 0.29) is 5.91 Å². The lowest BCUT2D eigenvalue weighted by atomic mass is 9.96. The molecule has 1 amide bonds. The van der Waals surface area contributed by atoms with Gasteiger partial charge in [-0.2, -0.15) is 0 Å². The van der Waals surface area contributed by atoms with Crippen LogP contribution in [0.3, 0.4) is 0 Å². The van der Waals surface area contributed by atoms with Crippen LogP contribution in [-0.2, 0) is 6.42 Å². The van der Waals surface area contributed by atoms with Crippen LogP contribution < -0.4 is 0 Å². The van der Waals surface area contributed by atoms with Crippen molar-refractivity contribution in [2.24, 2.45) is 0 Å². The molecule has 1 aliphatic rings. The van der Waals surface area contributed by atoms with Crippen molar-refractivity contribution < 1.29 is 4.79 Å². The van der Waals surface area contributed by atoms with Crippen LogP contribution in [0.15, 0.2) is 34.8 Å². The molecule has 3 rings (SSSR count). The Hall–Kier alpha value is -1.35. The molecule has 2 aromatic carbocycles. The fourth-order valence-corrected chi connectivity index (χ4v) is 4.37. The molecule has 2 aromatic rings. The van der Waals surface area contributed by atoms with Crippen molar-refractivity contribution in [3.63, 3.8) is 0 Å². The Balaban J connectivity index is 0.00000117. The summed E-state index contributed by atoms with van der Waals surface area (Å²) in [6.45, 7) is 9.29. The Morgan fingerprint density at radius 2 is 1.85 bits per heavy atom. The Labute approximate surface area is 167 Å². The van der Waals surface area contributed by atoms with Crippen molar-refractivity contribution in [2.75, 3.05) is 6.54 Å². The maximum absolute atomic E-state index is 13.2.